The van der Waals surface area contributed by atoms with Crippen LogP contribution in [0.5, 0.6) is 0 Å². The molecule has 1 aromatic heterocycles. The molecule has 104 valence electrons. The number of carbonyl (C=O) groups is 2. The zero-order chi connectivity index (χ0) is 14.5. The van der Waals surface area contributed by atoms with Gasteiger partial charge in [0.15, 0.2) is 0 Å². The van der Waals surface area contributed by atoms with E-state index in [0.29, 0.717) is 0 Å². The van der Waals surface area contributed by atoms with Crippen LogP contribution in [0.25, 0.3) is 0 Å². The Morgan fingerprint density at radius 1 is 1.26 bits per heavy atom. The largest absolute Gasteiger partial charge is 0.462 e. The van der Waals surface area contributed by atoms with Crippen molar-refractivity contribution in [1.82, 2.24) is 9.97 Å². The monoisotopic (exact) mass is 267 g/mol. The highest BCUT2D eigenvalue weighted by molar-refractivity contribution is 5.89. The Morgan fingerprint density at radius 3 is 2.32 bits per heavy atom. The fourth-order valence-corrected chi connectivity index (χ4v) is 1.11. The minimum absolute atomic E-state index is 0.0577. The number of esters is 1. The van der Waals surface area contributed by atoms with Crippen molar-refractivity contribution in [3.8, 4) is 0 Å². The second-order valence-corrected chi connectivity index (χ2v) is 4.64. The van der Waals surface area contributed by atoms with Crippen molar-refractivity contribution in [3.05, 3.63) is 18.0 Å². The van der Waals surface area contributed by atoms with Crippen molar-refractivity contribution >= 4 is 18.0 Å². The van der Waals surface area contributed by atoms with Gasteiger partial charge in [0, 0.05) is 12.4 Å². The summed E-state index contributed by atoms with van der Waals surface area (Å²) in [6.45, 7) is 7.22. The van der Waals surface area contributed by atoms with Crippen molar-refractivity contribution in [2.24, 2.45) is 0 Å². The average Bonchev–Trinajstić information content (AvgIpc) is 2.27. The van der Waals surface area contributed by atoms with Gasteiger partial charge < -0.3 is 9.47 Å². The van der Waals surface area contributed by atoms with Crippen LogP contribution in [-0.2, 0) is 9.47 Å². The summed E-state index contributed by atoms with van der Waals surface area (Å²) >= 11 is 0. The quantitative estimate of drug-likeness (QED) is 0.842. The zero-order valence-corrected chi connectivity index (χ0v) is 11.4. The van der Waals surface area contributed by atoms with Crippen molar-refractivity contribution in [2.45, 2.75) is 33.3 Å². The number of amides is 1. The van der Waals surface area contributed by atoms with E-state index in [2.05, 4.69) is 15.3 Å². The van der Waals surface area contributed by atoms with Crippen LogP contribution in [0.4, 0.5) is 10.7 Å². The lowest BCUT2D eigenvalue weighted by Gasteiger charge is -2.19. The third kappa shape index (κ3) is 5.33. The zero-order valence-electron chi connectivity index (χ0n) is 11.4. The predicted octanol–water partition coefficient (Wildman–Crippen LogP) is 2.00. The molecule has 0 atom stereocenters. The van der Waals surface area contributed by atoms with Crippen molar-refractivity contribution in [1.29, 1.82) is 0 Å². The first kappa shape index (κ1) is 14.9. The van der Waals surface area contributed by atoms with Crippen LogP contribution in [0.3, 0.4) is 0 Å². The van der Waals surface area contributed by atoms with E-state index in [1.807, 2.05) is 0 Å². The Labute approximate surface area is 111 Å². The van der Waals surface area contributed by atoms with Gasteiger partial charge in [-0.3, -0.25) is 5.32 Å². The van der Waals surface area contributed by atoms with Gasteiger partial charge in [-0.1, -0.05) is 0 Å². The fraction of sp³-hybridized carbons (Fsp3) is 0.500. The minimum Gasteiger partial charge on any atom is -0.462 e. The summed E-state index contributed by atoms with van der Waals surface area (Å²) in [5.74, 6) is -0.450. The van der Waals surface area contributed by atoms with Gasteiger partial charge in [-0.25, -0.2) is 19.6 Å². The lowest BCUT2D eigenvalue weighted by atomic mass is 10.2. The number of aromatic nitrogens is 2. The highest BCUT2D eigenvalue weighted by Gasteiger charge is 2.17. The first-order chi connectivity index (χ1) is 8.81. The van der Waals surface area contributed by atoms with E-state index in [4.69, 9.17) is 9.47 Å². The topological polar surface area (TPSA) is 90.4 Å². The molecule has 0 radical (unpaired) electrons. The normalized spacial score (nSPS) is 10.7. The summed E-state index contributed by atoms with van der Waals surface area (Å²) in [5.41, 5.74) is -0.383. The van der Waals surface area contributed by atoms with Gasteiger partial charge in [0.05, 0.1) is 12.2 Å². The molecule has 7 heteroatoms. The molecule has 1 rings (SSSR count). The molecule has 7 nitrogen and oxygen atoms in total. The van der Waals surface area contributed by atoms with Crippen LogP contribution < -0.4 is 5.32 Å². The Kier molecular flexibility index (Phi) is 4.80. The molecule has 1 heterocycles. The maximum atomic E-state index is 11.4. The number of rotatable bonds is 3. The van der Waals surface area contributed by atoms with Gasteiger partial charge in [0.2, 0.25) is 5.95 Å². The SMILES string of the molecule is CCOC(=O)c1cnc(NC(=O)OC(C)(C)C)nc1. The third-order valence-electron chi connectivity index (χ3n) is 1.78. The lowest BCUT2D eigenvalue weighted by Crippen LogP contribution is -2.27. The Balaban J connectivity index is 2.62. The molecule has 0 saturated heterocycles. The van der Waals surface area contributed by atoms with E-state index in [9.17, 15) is 9.59 Å². The van der Waals surface area contributed by atoms with Crippen LogP contribution in [0.2, 0.25) is 0 Å². The van der Waals surface area contributed by atoms with E-state index >= 15 is 0 Å². The Morgan fingerprint density at radius 2 is 1.84 bits per heavy atom. The van der Waals surface area contributed by atoms with Crippen LogP contribution in [0, 0.1) is 0 Å². The van der Waals surface area contributed by atoms with E-state index in [1.54, 1.807) is 27.7 Å². The van der Waals surface area contributed by atoms with Gasteiger partial charge in [-0.05, 0) is 27.7 Å². The Hall–Kier alpha value is -2.18. The van der Waals surface area contributed by atoms with Gasteiger partial charge in [0.25, 0.3) is 0 Å². The van der Waals surface area contributed by atoms with E-state index in [-0.39, 0.29) is 18.1 Å². The smallest absolute Gasteiger partial charge is 0.414 e. The van der Waals surface area contributed by atoms with Crippen molar-refractivity contribution in [3.63, 3.8) is 0 Å². The third-order valence-corrected chi connectivity index (χ3v) is 1.78. The molecule has 1 aromatic rings. The van der Waals surface area contributed by atoms with Gasteiger partial charge in [0.1, 0.15) is 5.60 Å². The molecule has 0 aliphatic heterocycles. The molecule has 0 bridgehead atoms. The number of ether oxygens (including phenoxy) is 2. The number of hydrogen-bond donors (Lipinski definition) is 1. The van der Waals surface area contributed by atoms with Crippen molar-refractivity contribution < 1.29 is 19.1 Å². The van der Waals surface area contributed by atoms with E-state index < -0.39 is 17.7 Å². The van der Waals surface area contributed by atoms with Crippen LogP contribution in [-0.4, -0.2) is 34.2 Å². The summed E-state index contributed by atoms with van der Waals surface area (Å²) in [5, 5.41) is 2.36. The molecular formula is C12H17N3O4. The number of nitrogens with zero attached hydrogens (tertiary/aromatic N) is 2. The molecule has 0 aliphatic carbocycles. The van der Waals surface area contributed by atoms with Crippen LogP contribution in [0.15, 0.2) is 12.4 Å². The summed E-state index contributed by atoms with van der Waals surface area (Å²) < 4.78 is 9.82. The first-order valence-electron chi connectivity index (χ1n) is 5.81. The van der Waals surface area contributed by atoms with E-state index in [0.717, 1.165) is 0 Å². The molecule has 0 fully saturated rings. The predicted molar refractivity (Wildman–Crippen MR) is 67.8 cm³/mol. The second kappa shape index (κ2) is 6.12. The van der Waals surface area contributed by atoms with Gasteiger partial charge in [-0.15, -0.1) is 0 Å². The summed E-state index contributed by atoms with van der Waals surface area (Å²) in [6.07, 6.45) is 1.89. The number of anilines is 1. The lowest BCUT2D eigenvalue weighted by molar-refractivity contribution is 0.0525. The average molecular weight is 267 g/mol. The molecule has 0 aliphatic rings. The standard InChI is InChI=1S/C12H17N3O4/c1-5-18-9(16)8-6-13-10(14-7-8)15-11(17)19-12(2,3)4/h6-7H,5H2,1-4H3,(H,13,14,15,17). The molecule has 19 heavy (non-hydrogen) atoms. The second-order valence-electron chi connectivity index (χ2n) is 4.64. The summed E-state index contributed by atoms with van der Waals surface area (Å²) in [6, 6.07) is 0. The molecular weight excluding hydrogens is 250 g/mol. The van der Waals surface area contributed by atoms with Crippen molar-refractivity contribution in [2.75, 3.05) is 11.9 Å². The summed E-state index contributed by atoms with van der Waals surface area (Å²) in [4.78, 5) is 30.5. The molecule has 1 amide bonds. The maximum absolute atomic E-state index is 11.4. The highest BCUT2D eigenvalue weighted by atomic mass is 16.6. The summed E-state index contributed by atoms with van der Waals surface area (Å²) in [7, 11) is 0. The van der Waals surface area contributed by atoms with Gasteiger partial charge >= 0.3 is 12.1 Å². The molecule has 0 saturated carbocycles. The number of hydrogen-bond acceptors (Lipinski definition) is 6. The molecule has 0 unspecified atom stereocenters. The highest BCUT2D eigenvalue weighted by Crippen LogP contribution is 2.09. The van der Waals surface area contributed by atoms with Crippen LogP contribution >= 0.6 is 0 Å². The van der Waals surface area contributed by atoms with E-state index in [1.165, 1.54) is 12.4 Å². The molecule has 1 N–H and O–H groups in total. The van der Waals surface area contributed by atoms with Gasteiger partial charge in [-0.2, -0.15) is 0 Å². The number of nitrogens with one attached hydrogen (secondary N) is 1. The first-order valence-corrected chi connectivity index (χ1v) is 5.81. The molecule has 0 spiro atoms. The molecule has 0 aromatic carbocycles. The maximum Gasteiger partial charge on any atom is 0.414 e. The fourth-order valence-electron chi connectivity index (χ4n) is 1.11. The minimum atomic E-state index is -0.656. The number of carbonyl (C=O) groups excluding carboxylic acids is 2. The van der Waals surface area contributed by atoms with Crippen LogP contribution in [0.1, 0.15) is 38.1 Å². The Bertz CT molecular complexity index is 451.